The van der Waals surface area contributed by atoms with Crippen molar-refractivity contribution in [2.24, 2.45) is 0 Å². The summed E-state index contributed by atoms with van der Waals surface area (Å²) < 4.78 is 3.38. The molecular weight excluding hydrogens is 352 g/mol. The highest BCUT2D eigenvalue weighted by Gasteiger charge is 2.09. The van der Waals surface area contributed by atoms with E-state index < -0.39 is 0 Å². The summed E-state index contributed by atoms with van der Waals surface area (Å²) in [6, 6.07) is 19.4. The molecular formula is C21H20N6O. The second kappa shape index (κ2) is 7.79. The fourth-order valence-corrected chi connectivity index (χ4v) is 2.93. The van der Waals surface area contributed by atoms with Gasteiger partial charge in [-0.25, -0.2) is 0 Å². The molecule has 4 rings (SSSR count). The molecule has 28 heavy (non-hydrogen) atoms. The predicted molar refractivity (Wildman–Crippen MR) is 108 cm³/mol. The Morgan fingerprint density at radius 1 is 1.00 bits per heavy atom. The van der Waals surface area contributed by atoms with Crippen LogP contribution in [0.5, 0.6) is 0 Å². The molecule has 0 unspecified atom stereocenters. The Morgan fingerprint density at radius 3 is 2.68 bits per heavy atom. The van der Waals surface area contributed by atoms with E-state index >= 15 is 0 Å². The lowest BCUT2D eigenvalue weighted by Crippen LogP contribution is -2.19. The number of benzene rings is 2. The Morgan fingerprint density at radius 2 is 1.86 bits per heavy atom. The number of hydrogen-bond acceptors (Lipinski definition) is 4. The van der Waals surface area contributed by atoms with Gasteiger partial charge < -0.3 is 11.1 Å². The van der Waals surface area contributed by atoms with E-state index in [2.05, 4.69) is 15.5 Å². The first-order valence-corrected chi connectivity index (χ1v) is 8.91. The molecule has 2 aromatic heterocycles. The van der Waals surface area contributed by atoms with Crippen LogP contribution < -0.4 is 11.1 Å². The Balaban J connectivity index is 1.36. The maximum atomic E-state index is 12.3. The third kappa shape index (κ3) is 4.27. The van der Waals surface area contributed by atoms with Crippen molar-refractivity contribution in [2.75, 3.05) is 11.1 Å². The van der Waals surface area contributed by atoms with E-state index in [-0.39, 0.29) is 12.5 Å². The second-order valence-corrected chi connectivity index (χ2v) is 6.48. The molecule has 3 N–H and O–H groups in total. The SMILES string of the molecule is Nc1cccc(-c2cnn(CC(=O)Nc3ccn(Cc4ccccc4)n3)c2)c1. The third-order valence-electron chi connectivity index (χ3n) is 4.25. The molecule has 7 nitrogen and oxygen atoms in total. The number of aromatic nitrogens is 4. The Bertz CT molecular complexity index is 1080. The molecule has 1 amide bonds. The highest BCUT2D eigenvalue weighted by molar-refractivity contribution is 5.89. The van der Waals surface area contributed by atoms with Crippen LogP contribution in [0.1, 0.15) is 5.56 Å². The molecule has 0 radical (unpaired) electrons. The minimum absolute atomic E-state index is 0.105. The lowest BCUT2D eigenvalue weighted by Gasteiger charge is -2.03. The van der Waals surface area contributed by atoms with Crippen LogP contribution in [0.25, 0.3) is 11.1 Å². The van der Waals surface area contributed by atoms with E-state index in [0.29, 0.717) is 18.1 Å². The van der Waals surface area contributed by atoms with Crippen LogP contribution in [0.4, 0.5) is 11.5 Å². The van der Waals surface area contributed by atoms with Gasteiger partial charge in [0.2, 0.25) is 5.91 Å². The topological polar surface area (TPSA) is 90.8 Å². The van der Waals surface area contributed by atoms with E-state index in [1.165, 1.54) is 0 Å². The molecule has 0 saturated carbocycles. The summed E-state index contributed by atoms with van der Waals surface area (Å²) in [6.07, 6.45) is 5.38. The molecule has 140 valence electrons. The number of anilines is 2. The van der Waals surface area contributed by atoms with Crippen LogP contribution in [0, 0.1) is 0 Å². The van der Waals surface area contributed by atoms with Gasteiger partial charge in [0.1, 0.15) is 6.54 Å². The van der Waals surface area contributed by atoms with Crippen molar-refractivity contribution in [1.82, 2.24) is 19.6 Å². The fraction of sp³-hybridized carbons (Fsp3) is 0.0952. The van der Waals surface area contributed by atoms with Crippen LogP contribution in [0.3, 0.4) is 0 Å². The minimum atomic E-state index is -0.188. The zero-order valence-electron chi connectivity index (χ0n) is 15.2. The van der Waals surface area contributed by atoms with Crippen LogP contribution in [0.2, 0.25) is 0 Å². The highest BCUT2D eigenvalue weighted by atomic mass is 16.2. The Labute approximate surface area is 162 Å². The average molecular weight is 372 g/mol. The number of carbonyl (C=O) groups is 1. The lowest BCUT2D eigenvalue weighted by atomic mass is 10.1. The van der Waals surface area contributed by atoms with Gasteiger partial charge in [0.15, 0.2) is 5.82 Å². The number of carbonyl (C=O) groups excluding carboxylic acids is 1. The van der Waals surface area contributed by atoms with Crippen molar-refractivity contribution in [3.05, 3.63) is 84.8 Å². The van der Waals surface area contributed by atoms with E-state index in [1.54, 1.807) is 21.6 Å². The van der Waals surface area contributed by atoms with Gasteiger partial charge in [0.25, 0.3) is 0 Å². The molecule has 0 saturated heterocycles. The molecule has 2 heterocycles. The number of nitrogens with two attached hydrogens (primary N) is 1. The summed E-state index contributed by atoms with van der Waals surface area (Å²) in [5.74, 6) is 0.330. The molecule has 0 aliphatic heterocycles. The van der Waals surface area contributed by atoms with Crippen LogP contribution in [-0.2, 0) is 17.9 Å². The minimum Gasteiger partial charge on any atom is -0.399 e. The van der Waals surface area contributed by atoms with E-state index in [9.17, 15) is 4.79 Å². The smallest absolute Gasteiger partial charge is 0.247 e. The van der Waals surface area contributed by atoms with Crippen LogP contribution >= 0.6 is 0 Å². The summed E-state index contributed by atoms with van der Waals surface area (Å²) >= 11 is 0. The summed E-state index contributed by atoms with van der Waals surface area (Å²) in [7, 11) is 0. The largest absolute Gasteiger partial charge is 0.399 e. The second-order valence-electron chi connectivity index (χ2n) is 6.48. The van der Waals surface area contributed by atoms with Gasteiger partial charge in [-0.05, 0) is 23.3 Å². The monoisotopic (exact) mass is 372 g/mol. The number of rotatable bonds is 6. The van der Waals surface area contributed by atoms with Gasteiger partial charge in [-0.3, -0.25) is 14.2 Å². The van der Waals surface area contributed by atoms with Crippen LogP contribution in [0.15, 0.2) is 79.3 Å². The highest BCUT2D eigenvalue weighted by Crippen LogP contribution is 2.20. The molecule has 0 bridgehead atoms. The van der Waals surface area contributed by atoms with Gasteiger partial charge in [0.05, 0.1) is 12.7 Å². The number of amides is 1. The molecule has 4 aromatic rings. The van der Waals surface area contributed by atoms with Crippen molar-refractivity contribution in [3.8, 4) is 11.1 Å². The molecule has 0 atom stereocenters. The first-order chi connectivity index (χ1) is 13.7. The first kappa shape index (κ1) is 17.5. The Kier molecular flexibility index (Phi) is 4.88. The average Bonchev–Trinajstić information content (AvgIpc) is 3.32. The molecule has 2 aromatic carbocycles. The quantitative estimate of drug-likeness (QED) is 0.509. The lowest BCUT2D eigenvalue weighted by molar-refractivity contribution is -0.116. The molecule has 0 fully saturated rings. The van der Waals surface area contributed by atoms with Crippen molar-refractivity contribution < 1.29 is 4.79 Å². The first-order valence-electron chi connectivity index (χ1n) is 8.91. The molecule has 0 aliphatic rings. The summed E-state index contributed by atoms with van der Waals surface area (Å²) in [4.78, 5) is 12.3. The zero-order valence-corrected chi connectivity index (χ0v) is 15.2. The van der Waals surface area contributed by atoms with Gasteiger partial charge in [0, 0.05) is 29.7 Å². The molecule has 0 aliphatic carbocycles. The van der Waals surface area contributed by atoms with Gasteiger partial charge in [-0.15, -0.1) is 0 Å². The van der Waals surface area contributed by atoms with Crippen molar-refractivity contribution in [2.45, 2.75) is 13.1 Å². The van der Waals surface area contributed by atoms with E-state index in [4.69, 9.17) is 5.73 Å². The normalized spacial score (nSPS) is 10.7. The number of nitrogens with one attached hydrogen (secondary N) is 1. The fourth-order valence-electron chi connectivity index (χ4n) is 2.93. The summed E-state index contributed by atoms with van der Waals surface area (Å²) in [6.45, 7) is 0.757. The third-order valence-corrected chi connectivity index (χ3v) is 4.25. The van der Waals surface area contributed by atoms with E-state index in [1.807, 2.05) is 67.0 Å². The molecule has 0 spiro atoms. The number of nitrogen functional groups attached to an aromatic ring is 1. The van der Waals surface area contributed by atoms with E-state index in [0.717, 1.165) is 16.7 Å². The predicted octanol–water partition coefficient (Wildman–Crippen LogP) is 3.02. The maximum absolute atomic E-state index is 12.3. The van der Waals surface area contributed by atoms with Gasteiger partial charge in [-0.1, -0.05) is 42.5 Å². The van der Waals surface area contributed by atoms with Crippen molar-refractivity contribution in [3.63, 3.8) is 0 Å². The zero-order chi connectivity index (χ0) is 19.3. The number of nitrogens with zero attached hydrogens (tertiary/aromatic N) is 4. The standard InChI is InChI=1S/C21H20N6O/c22-19-8-4-7-17(11-19)18-12-23-27(14-18)15-21(28)24-20-9-10-26(25-20)13-16-5-2-1-3-6-16/h1-12,14H,13,15,22H2,(H,24,25,28). The summed E-state index contributed by atoms with van der Waals surface area (Å²) in [5.41, 5.74) is 9.53. The van der Waals surface area contributed by atoms with Crippen molar-refractivity contribution >= 4 is 17.4 Å². The Hall–Kier alpha value is -3.87. The van der Waals surface area contributed by atoms with Gasteiger partial charge in [-0.2, -0.15) is 10.2 Å². The van der Waals surface area contributed by atoms with Crippen LogP contribution in [-0.4, -0.2) is 25.5 Å². The summed E-state index contributed by atoms with van der Waals surface area (Å²) in [5, 5.41) is 11.4. The molecule has 7 heteroatoms. The number of hydrogen-bond donors (Lipinski definition) is 2. The maximum Gasteiger partial charge on any atom is 0.247 e. The van der Waals surface area contributed by atoms with Crippen molar-refractivity contribution in [1.29, 1.82) is 0 Å². The van der Waals surface area contributed by atoms with Gasteiger partial charge >= 0.3 is 0 Å².